The molecule has 2 atom stereocenters. The van der Waals surface area contributed by atoms with Crippen LogP contribution in [-0.2, 0) is 11.8 Å². The van der Waals surface area contributed by atoms with E-state index in [-0.39, 0.29) is 11.9 Å². The van der Waals surface area contributed by atoms with Gasteiger partial charge in [-0.25, -0.2) is 4.98 Å². The van der Waals surface area contributed by atoms with Gasteiger partial charge in [-0.15, -0.1) is 0 Å². The summed E-state index contributed by atoms with van der Waals surface area (Å²) in [6.07, 6.45) is 2.07. The van der Waals surface area contributed by atoms with Crippen LogP contribution in [0.15, 0.2) is 36.4 Å². The Morgan fingerprint density at radius 1 is 1.21 bits per heavy atom. The molecular formula is C21H22N4O3. The second-order valence-corrected chi connectivity index (χ2v) is 7.28. The van der Waals surface area contributed by atoms with E-state index in [1.165, 1.54) is 0 Å². The Kier molecular flexibility index (Phi) is 4.58. The molecule has 0 saturated heterocycles. The number of carbonyl (C=O) groups excluding carboxylic acids is 1. The highest BCUT2D eigenvalue weighted by Gasteiger charge is 2.34. The number of benzene rings is 1. The number of nitrogens with zero attached hydrogens (tertiary/aromatic N) is 3. The van der Waals surface area contributed by atoms with Gasteiger partial charge in [-0.05, 0) is 25.8 Å². The van der Waals surface area contributed by atoms with Gasteiger partial charge < -0.3 is 10.4 Å². The van der Waals surface area contributed by atoms with Crippen molar-refractivity contribution < 1.29 is 14.7 Å². The number of fused-ring (bicyclic) bond motifs is 1. The number of carboxylic acids is 1. The maximum atomic E-state index is 13.2. The van der Waals surface area contributed by atoms with Gasteiger partial charge >= 0.3 is 5.97 Å². The van der Waals surface area contributed by atoms with Crippen molar-refractivity contribution in [3.05, 3.63) is 47.7 Å². The zero-order chi connectivity index (χ0) is 19.8. The highest BCUT2D eigenvalue weighted by Crippen LogP contribution is 2.29. The molecule has 0 radical (unpaired) electrons. The second-order valence-electron chi connectivity index (χ2n) is 7.28. The molecule has 4 rings (SSSR count). The first-order valence-electron chi connectivity index (χ1n) is 9.39. The zero-order valence-electron chi connectivity index (χ0n) is 15.8. The molecule has 1 aliphatic carbocycles. The molecule has 0 aliphatic heterocycles. The van der Waals surface area contributed by atoms with Crippen molar-refractivity contribution in [3.63, 3.8) is 0 Å². The van der Waals surface area contributed by atoms with Crippen LogP contribution in [0.25, 0.3) is 22.3 Å². The number of rotatable bonds is 4. The zero-order valence-corrected chi connectivity index (χ0v) is 15.8. The van der Waals surface area contributed by atoms with E-state index in [1.54, 1.807) is 17.8 Å². The van der Waals surface area contributed by atoms with Gasteiger partial charge in [0, 0.05) is 18.7 Å². The van der Waals surface area contributed by atoms with Crippen molar-refractivity contribution in [3.8, 4) is 11.3 Å². The predicted octanol–water partition coefficient (Wildman–Crippen LogP) is 2.93. The maximum absolute atomic E-state index is 13.2. The van der Waals surface area contributed by atoms with E-state index in [4.69, 9.17) is 4.98 Å². The Balaban J connectivity index is 1.79. The SMILES string of the molecule is Cc1nn(C)c2nc(-c3ccccc3)cc(C(=O)N[C@@H]3CCC[C@@H]3C(=O)O)c12. The van der Waals surface area contributed by atoms with Crippen LogP contribution in [0.1, 0.15) is 35.3 Å². The normalized spacial score (nSPS) is 19.1. The second kappa shape index (κ2) is 7.07. The molecule has 1 saturated carbocycles. The van der Waals surface area contributed by atoms with Crippen LogP contribution in [0.5, 0.6) is 0 Å². The molecule has 1 aromatic carbocycles. The first-order chi connectivity index (χ1) is 13.5. The van der Waals surface area contributed by atoms with Gasteiger partial charge in [0.25, 0.3) is 5.91 Å². The third-order valence-electron chi connectivity index (χ3n) is 5.43. The van der Waals surface area contributed by atoms with Crippen LogP contribution in [0.3, 0.4) is 0 Å². The summed E-state index contributed by atoms with van der Waals surface area (Å²) >= 11 is 0. The molecule has 2 heterocycles. The number of hydrogen-bond acceptors (Lipinski definition) is 4. The summed E-state index contributed by atoms with van der Waals surface area (Å²) in [5.74, 6) is -1.67. The van der Waals surface area contributed by atoms with E-state index < -0.39 is 11.9 Å². The van der Waals surface area contributed by atoms with Gasteiger partial charge in [0.1, 0.15) is 0 Å². The molecule has 1 amide bonds. The fourth-order valence-corrected chi connectivity index (χ4v) is 4.06. The number of aliphatic carboxylic acids is 1. The minimum Gasteiger partial charge on any atom is -0.481 e. The lowest BCUT2D eigenvalue weighted by molar-refractivity contribution is -0.142. The first-order valence-corrected chi connectivity index (χ1v) is 9.39. The van der Waals surface area contributed by atoms with Crippen molar-refractivity contribution in [2.75, 3.05) is 0 Å². The molecule has 2 aromatic heterocycles. The smallest absolute Gasteiger partial charge is 0.308 e. The number of amides is 1. The standard InChI is InChI=1S/C21H22N4O3/c1-12-18-15(20(26)23-16-10-6-9-14(16)21(27)28)11-17(13-7-4-3-5-8-13)22-19(18)25(2)24-12/h3-5,7-8,11,14,16H,6,9-10H2,1-2H3,(H,23,26)(H,27,28)/t14-,16+/m0/s1. The summed E-state index contributed by atoms with van der Waals surface area (Å²) in [6.45, 7) is 1.85. The number of hydrogen-bond donors (Lipinski definition) is 2. The van der Waals surface area contributed by atoms with Crippen molar-refractivity contribution in [1.29, 1.82) is 0 Å². The molecule has 1 aliphatic rings. The van der Waals surface area contributed by atoms with Gasteiger partial charge in [-0.1, -0.05) is 36.8 Å². The van der Waals surface area contributed by atoms with Crippen LogP contribution < -0.4 is 5.32 Å². The predicted molar refractivity (Wildman–Crippen MR) is 105 cm³/mol. The summed E-state index contributed by atoms with van der Waals surface area (Å²) in [7, 11) is 1.80. The van der Waals surface area contributed by atoms with Gasteiger partial charge in [-0.3, -0.25) is 14.3 Å². The topological polar surface area (TPSA) is 97.1 Å². The number of aryl methyl sites for hydroxylation is 2. The van der Waals surface area contributed by atoms with Crippen molar-refractivity contribution in [1.82, 2.24) is 20.1 Å². The summed E-state index contributed by atoms with van der Waals surface area (Å²) in [5, 5.41) is 17.5. The van der Waals surface area contributed by atoms with E-state index in [0.29, 0.717) is 35.1 Å². The monoisotopic (exact) mass is 378 g/mol. The third kappa shape index (κ3) is 3.13. The summed E-state index contributed by atoms with van der Waals surface area (Å²) in [4.78, 5) is 29.3. The van der Waals surface area contributed by atoms with Crippen LogP contribution in [-0.4, -0.2) is 37.8 Å². The van der Waals surface area contributed by atoms with Crippen LogP contribution in [0, 0.1) is 12.8 Å². The third-order valence-corrected chi connectivity index (χ3v) is 5.43. The maximum Gasteiger partial charge on any atom is 0.308 e. The fraction of sp³-hybridized carbons (Fsp3) is 0.333. The minimum atomic E-state index is -0.856. The highest BCUT2D eigenvalue weighted by atomic mass is 16.4. The molecule has 0 spiro atoms. The van der Waals surface area contributed by atoms with Crippen molar-refractivity contribution in [2.45, 2.75) is 32.2 Å². The van der Waals surface area contributed by atoms with E-state index >= 15 is 0 Å². The van der Waals surface area contributed by atoms with E-state index in [9.17, 15) is 14.7 Å². The van der Waals surface area contributed by atoms with Gasteiger partial charge in [0.15, 0.2) is 5.65 Å². The van der Waals surface area contributed by atoms with Crippen molar-refractivity contribution in [2.24, 2.45) is 13.0 Å². The average Bonchev–Trinajstić information content (AvgIpc) is 3.26. The molecular weight excluding hydrogens is 356 g/mol. The molecule has 1 fully saturated rings. The Labute approximate surface area is 162 Å². The minimum absolute atomic E-state index is 0.279. The highest BCUT2D eigenvalue weighted by molar-refractivity contribution is 6.07. The Morgan fingerprint density at radius 2 is 1.96 bits per heavy atom. The lowest BCUT2D eigenvalue weighted by Gasteiger charge is -2.18. The number of pyridine rings is 1. The lowest BCUT2D eigenvalue weighted by atomic mass is 10.0. The average molecular weight is 378 g/mol. The molecule has 0 bridgehead atoms. The molecule has 3 aromatic rings. The van der Waals surface area contributed by atoms with Crippen LogP contribution in [0.2, 0.25) is 0 Å². The molecule has 7 nitrogen and oxygen atoms in total. The molecule has 144 valence electrons. The van der Waals surface area contributed by atoms with E-state index in [1.807, 2.05) is 37.3 Å². The molecule has 0 unspecified atom stereocenters. The Bertz CT molecular complexity index is 1060. The van der Waals surface area contributed by atoms with Gasteiger partial charge in [0.05, 0.1) is 28.3 Å². The van der Waals surface area contributed by atoms with E-state index in [0.717, 1.165) is 17.7 Å². The van der Waals surface area contributed by atoms with E-state index in [2.05, 4.69) is 10.4 Å². The summed E-state index contributed by atoms with van der Waals surface area (Å²) in [5.41, 5.74) is 3.41. The number of aromatic nitrogens is 3. The number of carbonyl (C=O) groups is 2. The summed E-state index contributed by atoms with van der Waals surface area (Å²) in [6, 6.07) is 11.1. The fourth-order valence-electron chi connectivity index (χ4n) is 4.06. The number of carboxylic acid groups (broad SMARTS) is 1. The van der Waals surface area contributed by atoms with Crippen LogP contribution >= 0.6 is 0 Å². The summed E-state index contributed by atoms with van der Waals surface area (Å²) < 4.78 is 1.67. The number of nitrogens with one attached hydrogen (secondary N) is 1. The van der Waals surface area contributed by atoms with Crippen LogP contribution in [0.4, 0.5) is 0 Å². The van der Waals surface area contributed by atoms with Crippen molar-refractivity contribution >= 4 is 22.9 Å². The quantitative estimate of drug-likeness (QED) is 0.727. The largest absolute Gasteiger partial charge is 0.481 e. The van der Waals surface area contributed by atoms with Gasteiger partial charge in [0.2, 0.25) is 0 Å². The molecule has 28 heavy (non-hydrogen) atoms. The lowest BCUT2D eigenvalue weighted by Crippen LogP contribution is -2.40. The molecule has 2 N–H and O–H groups in total. The first kappa shape index (κ1) is 18.2. The van der Waals surface area contributed by atoms with Gasteiger partial charge in [-0.2, -0.15) is 5.10 Å². The molecule has 7 heteroatoms. The Morgan fingerprint density at radius 3 is 2.68 bits per heavy atom. The Hall–Kier alpha value is -3.22.